The Bertz CT molecular complexity index is 1390. The topological polar surface area (TPSA) is 89.9 Å². The largest absolute Gasteiger partial charge is 0.454 e. The number of urea groups is 1. The van der Waals surface area contributed by atoms with E-state index in [-0.39, 0.29) is 25.0 Å². The lowest BCUT2D eigenvalue weighted by molar-refractivity contribution is -0.131. The number of nitrogens with one attached hydrogen (secondary N) is 1. The number of imide groups is 1. The highest BCUT2D eigenvalue weighted by atomic mass is 32.1. The molecule has 6 rings (SSSR count). The molecule has 1 fully saturated rings. The van der Waals surface area contributed by atoms with E-state index in [2.05, 4.69) is 9.88 Å². The van der Waals surface area contributed by atoms with Gasteiger partial charge in [-0.15, -0.1) is 11.3 Å². The lowest BCUT2D eigenvalue weighted by atomic mass is 9.80. The van der Waals surface area contributed by atoms with Gasteiger partial charge in [0.15, 0.2) is 17.3 Å². The predicted octanol–water partition coefficient (Wildman–Crippen LogP) is 3.91. The number of ketones is 1. The summed E-state index contributed by atoms with van der Waals surface area (Å²) < 4.78 is 12.9. The summed E-state index contributed by atoms with van der Waals surface area (Å²) in [7, 11) is 0. The Morgan fingerprint density at radius 2 is 1.97 bits per heavy atom. The van der Waals surface area contributed by atoms with Crippen LogP contribution in [0.25, 0.3) is 0 Å². The monoisotopic (exact) mass is 491 g/mol. The second-order valence-corrected chi connectivity index (χ2v) is 10.3. The summed E-state index contributed by atoms with van der Waals surface area (Å²) in [5.41, 5.74) is 3.10. The Morgan fingerprint density at radius 1 is 1.14 bits per heavy atom. The van der Waals surface area contributed by atoms with Gasteiger partial charge < -0.3 is 19.4 Å². The van der Waals surface area contributed by atoms with E-state index in [4.69, 9.17) is 9.47 Å². The molecule has 180 valence electrons. The van der Waals surface area contributed by atoms with E-state index in [1.807, 2.05) is 49.6 Å². The molecule has 2 aromatic heterocycles. The molecule has 0 radical (unpaired) electrons. The fraction of sp³-hybridized carbons (Fsp3) is 0.346. The highest BCUT2D eigenvalue weighted by Crippen LogP contribution is 2.42. The van der Waals surface area contributed by atoms with Crippen molar-refractivity contribution in [3.63, 3.8) is 0 Å². The maximum Gasteiger partial charge on any atom is 0.325 e. The van der Waals surface area contributed by atoms with Crippen LogP contribution in [-0.2, 0) is 23.3 Å². The van der Waals surface area contributed by atoms with E-state index < -0.39 is 11.6 Å². The third-order valence-electron chi connectivity index (χ3n) is 7.29. The smallest absolute Gasteiger partial charge is 0.325 e. The fourth-order valence-corrected chi connectivity index (χ4v) is 6.46. The first-order valence-corrected chi connectivity index (χ1v) is 12.5. The number of hydrogen-bond acceptors (Lipinski definition) is 6. The summed E-state index contributed by atoms with van der Waals surface area (Å²) in [5, 5.41) is 4.88. The molecule has 1 spiro atoms. The average Bonchev–Trinajstić information content (AvgIpc) is 3.61. The quantitative estimate of drug-likeness (QED) is 0.432. The van der Waals surface area contributed by atoms with E-state index in [0.717, 1.165) is 50.9 Å². The summed E-state index contributed by atoms with van der Waals surface area (Å²) >= 11 is 1.61. The summed E-state index contributed by atoms with van der Waals surface area (Å²) in [6.45, 7) is 4.34. The number of aromatic nitrogens is 1. The van der Waals surface area contributed by atoms with E-state index >= 15 is 0 Å². The van der Waals surface area contributed by atoms with Crippen LogP contribution >= 0.6 is 11.3 Å². The molecule has 1 N–H and O–H groups in total. The van der Waals surface area contributed by atoms with Gasteiger partial charge in [-0.05, 0) is 68.3 Å². The number of rotatable bonds is 5. The van der Waals surface area contributed by atoms with Crippen LogP contribution < -0.4 is 14.8 Å². The molecule has 3 amide bonds. The van der Waals surface area contributed by atoms with Crippen molar-refractivity contribution in [2.24, 2.45) is 0 Å². The Balaban J connectivity index is 1.23. The lowest BCUT2D eigenvalue weighted by Gasteiger charge is -2.31. The van der Waals surface area contributed by atoms with Crippen LogP contribution in [0.1, 0.15) is 50.6 Å². The Morgan fingerprint density at radius 3 is 2.83 bits per heavy atom. The van der Waals surface area contributed by atoms with Gasteiger partial charge in [-0.25, -0.2) is 4.79 Å². The van der Waals surface area contributed by atoms with Gasteiger partial charge in [-0.2, -0.15) is 0 Å². The minimum Gasteiger partial charge on any atom is -0.454 e. The van der Waals surface area contributed by atoms with Gasteiger partial charge >= 0.3 is 6.03 Å². The standard InChI is InChI=1S/C26H25N3O5S/c1-15-10-18(16(2)28(15)12-17-5-6-21-22(11-17)34-14-33-21)20(30)13-29-24(31)26(27-25(29)32)8-3-4-23-19(26)7-9-35-23/h5-7,9-11H,3-4,8,12-14H2,1-2H3,(H,27,32). The molecule has 1 atom stereocenters. The number of benzene rings is 1. The molecular formula is C26H25N3O5S. The van der Waals surface area contributed by atoms with E-state index in [1.54, 1.807) is 11.3 Å². The molecule has 0 bridgehead atoms. The van der Waals surface area contributed by atoms with E-state index in [0.29, 0.717) is 24.3 Å². The molecule has 3 aromatic rings. The van der Waals surface area contributed by atoms with Gasteiger partial charge in [0, 0.05) is 33.9 Å². The summed E-state index contributed by atoms with van der Waals surface area (Å²) in [6, 6.07) is 9.05. The number of thiophene rings is 1. The van der Waals surface area contributed by atoms with Gasteiger partial charge in [-0.1, -0.05) is 6.07 Å². The molecule has 2 aliphatic heterocycles. The highest BCUT2D eigenvalue weighted by Gasteiger charge is 2.54. The van der Waals surface area contributed by atoms with Crippen LogP contribution in [0.3, 0.4) is 0 Å². The number of fused-ring (bicyclic) bond motifs is 3. The van der Waals surface area contributed by atoms with Crippen molar-refractivity contribution < 1.29 is 23.9 Å². The van der Waals surface area contributed by atoms with Gasteiger partial charge in [0.1, 0.15) is 5.54 Å². The first-order valence-electron chi connectivity index (χ1n) is 11.7. The molecule has 0 saturated carbocycles. The molecule has 1 saturated heterocycles. The second kappa shape index (κ2) is 7.98. The first-order chi connectivity index (χ1) is 16.9. The van der Waals surface area contributed by atoms with Crippen LogP contribution in [0.5, 0.6) is 11.5 Å². The van der Waals surface area contributed by atoms with Gasteiger partial charge in [0.2, 0.25) is 6.79 Å². The summed E-state index contributed by atoms with van der Waals surface area (Å²) in [6.07, 6.45) is 2.28. The second-order valence-electron chi connectivity index (χ2n) is 9.32. The Hall–Kier alpha value is -3.59. The Labute approximate surface area is 206 Å². The lowest BCUT2D eigenvalue weighted by Crippen LogP contribution is -2.46. The van der Waals surface area contributed by atoms with Gasteiger partial charge in [0.05, 0.1) is 6.54 Å². The molecule has 8 nitrogen and oxygen atoms in total. The number of Topliss-reactive ketones (excluding diaryl/α,β-unsaturated/α-hetero) is 1. The van der Waals surface area contributed by atoms with Crippen LogP contribution in [0.4, 0.5) is 4.79 Å². The van der Waals surface area contributed by atoms with Crippen molar-refractivity contribution in [2.45, 2.75) is 45.2 Å². The summed E-state index contributed by atoms with van der Waals surface area (Å²) in [5.74, 6) is 0.857. The zero-order valence-electron chi connectivity index (χ0n) is 19.6. The minimum absolute atomic E-state index is 0.219. The number of amides is 3. The molecule has 3 aliphatic rings. The third kappa shape index (κ3) is 3.36. The maximum absolute atomic E-state index is 13.5. The number of aryl methyl sites for hydroxylation is 2. The summed E-state index contributed by atoms with van der Waals surface area (Å²) in [4.78, 5) is 41.9. The van der Waals surface area contributed by atoms with Crippen molar-refractivity contribution in [3.05, 3.63) is 68.7 Å². The molecule has 1 aliphatic carbocycles. The van der Waals surface area contributed by atoms with Crippen molar-refractivity contribution in [1.29, 1.82) is 0 Å². The SMILES string of the molecule is Cc1cc(C(=O)CN2C(=O)NC3(CCCc4sccc43)C2=O)c(C)n1Cc1ccc2c(c1)OCO2. The number of carbonyl (C=O) groups excluding carboxylic acids is 3. The third-order valence-corrected chi connectivity index (χ3v) is 8.27. The van der Waals surface area contributed by atoms with Crippen molar-refractivity contribution in [1.82, 2.24) is 14.8 Å². The average molecular weight is 492 g/mol. The maximum atomic E-state index is 13.5. The number of carbonyl (C=O) groups is 3. The van der Waals surface area contributed by atoms with E-state index in [1.165, 1.54) is 0 Å². The minimum atomic E-state index is -1.04. The van der Waals surface area contributed by atoms with Crippen LogP contribution in [0, 0.1) is 13.8 Å². The fourth-order valence-electron chi connectivity index (χ4n) is 5.46. The zero-order chi connectivity index (χ0) is 24.3. The molecule has 35 heavy (non-hydrogen) atoms. The van der Waals surface area contributed by atoms with Crippen LogP contribution in [0.15, 0.2) is 35.7 Å². The van der Waals surface area contributed by atoms with Crippen molar-refractivity contribution in [2.75, 3.05) is 13.3 Å². The van der Waals surface area contributed by atoms with Crippen LogP contribution in [-0.4, -0.2) is 40.5 Å². The normalized spacial score (nSPS) is 20.5. The molecular weight excluding hydrogens is 466 g/mol. The van der Waals surface area contributed by atoms with Crippen molar-refractivity contribution >= 4 is 29.1 Å². The van der Waals surface area contributed by atoms with Crippen LogP contribution in [0.2, 0.25) is 0 Å². The van der Waals surface area contributed by atoms with E-state index in [9.17, 15) is 14.4 Å². The molecule has 1 unspecified atom stereocenters. The number of nitrogens with zero attached hydrogens (tertiary/aromatic N) is 2. The molecule has 4 heterocycles. The predicted molar refractivity (Wildman–Crippen MR) is 129 cm³/mol. The van der Waals surface area contributed by atoms with Crippen molar-refractivity contribution in [3.8, 4) is 11.5 Å². The van der Waals surface area contributed by atoms with Gasteiger partial charge in [-0.3, -0.25) is 14.5 Å². The molecule has 9 heteroatoms. The van der Waals surface area contributed by atoms with Gasteiger partial charge in [0.25, 0.3) is 5.91 Å². The zero-order valence-corrected chi connectivity index (χ0v) is 20.4. The molecule has 1 aromatic carbocycles. The number of ether oxygens (including phenoxy) is 2. The number of hydrogen-bond donors (Lipinski definition) is 1. The first kappa shape index (κ1) is 21.9. The highest BCUT2D eigenvalue weighted by molar-refractivity contribution is 7.10. The Kier molecular flexibility index (Phi) is 5.00.